The van der Waals surface area contributed by atoms with Crippen LogP contribution in [0.3, 0.4) is 0 Å². The fourth-order valence-electron chi connectivity index (χ4n) is 2.75. The van der Waals surface area contributed by atoms with Gasteiger partial charge in [-0.05, 0) is 55.0 Å². The van der Waals surface area contributed by atoms with Gasteiger partial charge in [-0.15, -0.1) is 0 Å². The zero-order valence-corrected chi connectivity index (χ0v) is 19.0. The van der Waals surface area contributed by atoms with Crippen molar-refractivity contribution in [2.45, 2.75) is 13.5 Å². The van der Waals surface area contributed by atoms with Gasteiger partial charge in [0, 0.05) is 33.3 Å². The van der Waals surface area contributed by atoms with Gasteiger partial charge in [-0.3, -0.25) is 14.9 Å². The third kappa shape index (κ3) is 6.68. The molecule has 0 aliphatic carbocycles. The number of carbonyl (C=O) groups is 1. The Hall–Kier alpha value is -3.62. The van der Waals surface area contributed by atoms with E-state index in [2.05, 4.69) is 10.5 Å². The smallest absolute Gasteiger partial charge is 0.271 e. The SMILES string of the molecule is CCOc1cc(/C=N\NC(=O)c2ccc([N+](=O)[O-])cc2)ccc1OCc1ccc(Cl)cc1Cl. The normalized spacial score (nSPS) is 10.8. The molecule has 0 bridgehead atoms. The van der Waals surface area contributed by atoms with Gasteiger partial charge >= 0.3 is 0 Å². The molecule has 1 N–H and O–H groups in total. The zero-order chi connectivity index (χ0) is 23.8. The highest BCUT2D eigenvalue weighted by molar-refractivity contribution is 6.35. The summed E-state index contributed by atoms with van der Waals surface area (Å²) in [6.45, 7) is 2.51. The van der Waals surface area contributed by atoms with Gasteiger partial charge < -0.3 is 9.47 Å². The second-order valence-electron chi connectivity index (χ2n) is 6.67. The third-order valence-electron chi connectivity index (χ3n) is 4.39. The number of amides is 1. The molecule has 8 nitrogen and oxygen atoms in total. The van der Waals surface area contributed by atoms with Crippen LogP contribution in [0.1, 0.15) is 28.4 Å². The van der Waals surface area contributed by atoms with Crippen LogP contribution in [0.25, 0.3) is 0 Å². The summed E-state index contributed by atoms with van der Waals surface area (Å²) in [5, 5.41) is 15.7. The number of nitrogens with one attached hydrogen (secondary N) is 1. The Labute approximate surface area is 199 Å². The summed E-state index contributed by atoms with van der Waals surface area (Å²) in [6.07, 6.45) is 1.45. The van der Waals surface area contributed by atoms with Crippen molar-refractivity contribution in [1.82, 2.24) is 5.43 Å². The first kappa shape index (κ1) is 24.0. The quantitative estimate of drug-likeness (QED) is 0.239. The predicted molar refractivity (Wildman–Crippen MR) is 127 cm³/mol. The average Bonchev–Trinajstić information content (AvgIpc) is 2.79. The molecule has 0 unspecified atom stereocenters. The number of nitrogens with zero attached hydrogens (tertiary/aromatic N) is 2. The number of ether oxygens (including phenoxy) is 2. The number of rotatable bonds is 9. The molecule has 0 fully saturated rings. The van der Waals surface area contributed by atoms with Gasteiger partial charge in [0.25, 0.3) is 11.6 Å². The van der Waals surface area contributed by atoms with Crippen molar-refractivity contribution in [3.8, 4) is 11.5 Å². The molecule has 0 aromatic heterocycles. The maximum Gasteiger partial charge on any atom is 0.271 e. The molecular weight excluding hydrogens is 469 g/mol. The van der Waals surface area contributed by atoms with Gasteiger partial charge in [0.1, 0.15) is 6.61 Å². The Bertz CT molecular complexity index is 1180. The highest BCUT2D eigenvalue weighted by Gasteiger charge is 2.10. The van der Waals surface area contributed by atoms with Gasteiger partial charge in [-0.1, -0.05) is 29.3 Å². The van der Waals surface area contributed by atoms with E-state index >= 15 is 0 Å². The topological polar surface area (TPSA) is 103 Å². The number of hydrogen-bond acceptors (Lipinski definition) is 6. The molecule has 1 amide bonds. The Balaban J connectivity index is 1.65. The zero-order valence-electron chi connectivity index (χ0n) is 17.5. The van der Waals surface area contributed by atoms with Crippen LogP contribution in [0.4, 0.5) is 5.69 Å². The number of carbonyl (C=O) groups excluding carboxylic acids is 1. The van der Waals surface area contributed by atoms with E-state index in [1.807, 2.05) is 6.92 Å². The van der Waals surface area contributed by atoms with E-state index in [1.165, 1.54) is 30.5 Å². The molecule has 33 heavy (non-hydrogen) atoms. The summed E-state index contributed by atoms with van der Waals surface area (Å²) in [4.78, 5) is 22.3. The molecule has 3 aromatic rings. The monoisotopic (exact) mass is 487 g/mol. The van der Waals surface area contributed by atoms with E-state index in [0.717, 1.165) is 5.56 Å². The number of non-ortho nitro benzene ring substituents is 1. The van der Waals surface area contributed by atoms with E-state index in [1.54, 1.807) is 36.4 Å². The molecule has 3 aromatic carbocycles. The molecule has 10 heteroatoms. The summed E-state index contributed by atoms with van der Waals surface area (Å²) in [6, 6.07) is 15.6. The Morgan fingerprint density at radius 3 is 2.48 bits per heavy atom. The van der Waals surface area contributed by atoms with E-state index in [4.69, 9.17) is 32.7 Å². The Kier molecular flexibility index (Phi) is 8.23. The molecule has 0 saturated heterocycles. The van der Waals surface area contributed by atoms with Crippen molar-refractivity contribution in [1.29, 1.82) is 0 Å². The van der Waals surface area contributed by atoms with Crippen molar-refractivity contribution in [2.24, 2.45) is 5.10 Å². The minimum absolute atomic E-state index is 0.0980. The summed E-state index contributed by atoms with van der Waals surface area (Å²) in [5.41, 5.74) is 3.98. The maximum absolute atomic E-state index is 12.1. The average molecular weight is 488 g/mol. The van der Waals surface area contributed by atoms with E-state index in [-0.39, 0.29) is 17.9 Å². The van der Waals surface area contributed by atoms with E-state index in [0.29, 0.717) is 33.7 Å². The number of nitro benzene ring substituents is 1. The fourth-order valence-corrected chi connectivity index (χ4v) is 3.21. The largest absolute Gasteiger partial charge is 0.490 e. The molecular formula is C23H19Cl2N3O5. The number of nitro groups is 1. The van der Waals surface area contributed by atoms with Gasteiger partial charge in [0.15, 0.2) is 11.5 Å². The van der Waals surface area contributed by atoms with Crippen LogP contribution in [0.2, 0.25) is 10.0 Å². The second-order valence-corrected chi connectivity index (χ2v) is 7.51. The van der Waals surface area contributed by atoms with Crippen LogP contribution in [0.15, 0.2) is 65.8 Å². The van der Waals surface area contributed by atoms with Crippen LogP contribution in [-0.4, -0.2) is 23.7 Å². The second kappa shape index (κ2) is 11.3. The molecule has 170 valence electrons. The summed E-state index contributed by atoms with van der Waals surface area (Å²) >= 11 is 12.1. The molecule has 0 spiro atoms. The molecule has 0 aliphatic rings. The molecule has 0 radical (unpaired) electrons. The lowest BCUT2D eigenvalue weighted by molar-refractivity contribution is -0.384. The number of benzene rings is 3. The maximum atomic E-state index is 12.1. The van der Waals surface area contributed by atoms with E-state index < -0.39 is 10.8 Å². The summed E-state index contributed by atoms with van der Waals surface area (Å²) in [5.74, 6) is 0.536. The van der Waals surface area contributed by atoms with E-state index in [9.17, 15) is 14.9 Å². The van der Waals surface area contributed by atoms with Gasteiger partial charge in [0.2, 0.25) is 0 Å². The van der Waals surface area contributed by atoms with Gasteiger partial charge in [0.05, 0.1) is 17.7 Å². The molecule has 0 atom stereocenters. The van der Waals surface area contributed by atoms with Crippen LogP contribution < -0.4 is 14.9 Å². The third-order valence-corrected chi connectivity index (χ3v) is 4.97. The van der Waals surface area contributed by atoms with Gasteiger partial charge in [-0.2, -0.15) is 5.10 Å². The minimum atomic E-state index is -0.534. The molecule has 0 saturated carbocycles. The van der Waals surface area contributed by atoms with Crippen molar-refractivity contribution in [2.75, 3.05) is 6.61 Å². The Morgan fingerprint density at radius 2 is 1.82 bits per heavy atom. The Morgan fingerprint density at radius 1 is 1.06 bits per heavy atom. The van der Waals surface area contributed by atoms with Crippen LogP contribution in [0.5, 0.6) is 11.5 Å². The number of halogens is 2. The van der Waals surface area contributed by atoms with Crippen molar-refractivity contribution < 1.29 is 19.2 Å². The standard InChI is InChI=1S/C23H19Cl2N3O5/c1-2-32-22-11-15(3-10-21(22)33-14-17-4-7-18(24)12-20(17)25)13-26-27-23(29)16-5-8-19(9-6-16)28(30)31/h3-13H,2,14H2,1H3,(H,27,29)/b26-13-. The lowest BCUT2D eigenvalue weighted by atomic mass is 10.2. The summed E-state index contributed by atoms with van der Waals surface area (Å²) < 4.78 is 11.5. The predicted octanol–water partition coefficient (Wildman–Crippen LogP) is 5.64. The van der Waals surface area contributed by atoms with Crippen LogP contribution >= 0.6 is 23.2 Å². The lowest BCUT2D eigenvalue weighted by Crippen LogP contribution is -2.17. The molecule has 0 aliphatic heterocycles. The minimum Gasteiger partial charge on any atom is -0.490 e. The fraction of sp³-hybridized carbons (Fsp3) is 0.130. The number of hydrazone groups is 1. The highest BCUT2D eigenvalue weighted by atomic mass is 35.5. The van der Waals surface area contributed by atoms with Crippen LogP contribution in [0, 0.1) is 10.1 Å². The molecule has 0 heterocycles. The first-order chi connectivity index (χ1) is 15.9. The molecule has 3 rings (SSSR count). The van der Waals surface area contributed by atoms with Crippen LogP contribution in [-0.2, 0) is 6.61 Å². The first-order valence-electron chi connectivity index (χ1n) is 9.79. The van der Waals surface area contributed by atoms with Gasteiger partial charge in [-0.25, -0.2) is 5.43 Å². The lowest BCUT2D eigenvalue weighted by Gasteiger charge is -2.13. The summed E-state index contributed by atoms with van der Waals surface area (Å²) in [7, 11) is 0. The first-order valence-corrected chi connectivity index (χ1v) is 10.5. The van der Waals surface area contributed by atoms with Crippen molar-refractivity contribution in [3.05, 3.63) is 97.5 Å². The van der Waals surface area contributed by atoms with Crippen molar-refractivity contribution >= 4 is 41.0 Å². The highest BCUT2D eigenvalue weighted by Crippen LogP contribution is 2.30. The van der Waals surface area contributed by atoms with Crippen molar-refractivity contribution in [3.63, 3.8) is 0 Å². The number of hydrogen-bond donors (Lipinski definition) is 1.